The molecule has 0 heterocycles. The highest BCUT2D eigenvalue weighted by Gasteiger charge is 2.26. The molecule has 0 aliphatic heterocycles. The largest absolute Gasteiger partial charge is 0.462 e. The van der Waals surface area contributed by atoms with Gasteiger partial charge >= 0.3 is 11.9 Å². The van der Waals surface area contributed by atoms with Gasteiger partial charge in [0.2, 0.25) is 0 Å². The Kier molecular flexibility index (Phi) is 10.2. The van der Waals surface area contributed by atoms with E-state index in [1.54, 1.807) is 0 Å². The number of carbonyl (C=O) groups excluding carboxylic acids is 2. The first-order valence-electron chi connectivity index (χ1n) is 9.00. The first-order valence-corrected chi connectivity index (χ1v) is 9.00. The predicted molar refractivity (Wildman–Crippen MR) is 93.1 cm³/mol. The van der Waals surface area contributed by atoms with Crippen LogP contribution in [0.25, 0.3) is 0 Å². The molecule has 2 unspecified atom stereocenters. The lowest BCUT2D eigenvalue weighted by molar-refractivity contribution is -0.155. The standard InChI is InChI=1S/C19H36O4/c1-8-11-15(14(3)4)22-17(20)12-10-13-18(21)23-16(9-2)19(5,6)7/h14-16H,8-13H2,1-7H3. The van der Waals surface area contributed by atoms with Crippen molar-refractivity contribution in [3.05, 3.63) is 0 Å². The lowest BCUT2D eigenvalue weighted by Crippen LogP contribution is -2.31. The molecule has 4 nitrogen and oxygen atoms in total. The maximum absolute atomic E-state index is 11.9. The van der Waals surface area contributed by atoms with Crippen LogP contribution in [-0.4, -0.2) is 24.1 Å². The number of ether oxygens (including phenoxy) is 2. The molecular formula is C19H36O4. The summed E-state index contributed by atoms with van der Waals surface area (Å²) in [5.74, 6) is -0.123. The zero-order valence-electron chi connectivity index (χ0n) is 16.1. The van der Waals surface area contributed by atoms with E-state index in [4.69, 9.17) is 9.47 Å². The molecule has 0 N–H and O–H groups in total. The number of rotatable bonds is 10. The topological polar surface area (TPSA) is 52.6 Å². The Morgan fingerprint density at radius 2 is 1.48 bits per heavy atom. The zero-order chi connectivity index (χ0) is 18.0. The van der Waals surface area contributed by atoms with Gasteiger partial charge in [0.15, 0.2) is 0 Å². The van der Waals surface area contributed by atoms with Crippen molar-refractivity contribution >= 4 is 11.9 Å². The molecule has 4 heteroatoms. The second-order valence-electron chi connectivity index (χ2n) is 7.67. The Balaban J connectivity index is 4.14. The van der Waals surface area contributed by atoms with Gasteiger partial charge in [-0.3, -0.25) is 9.59 Å². The number of hydrogen-bond acceptors (Lipinski definition) is 4. The fourth-order valence-corrected chi connectivity index (χ4v) is 2.51. The zero-order valence-corrected chi connectivity index (χ0v) is 16.1. The summed E-state index contributed by atoms with van der Waals surface area (Å²) < 4.78 is 11.0. The van der Waals surface area contributed by atoms with Gasteiger partial charge in [-0.05, 0) is 30.6 Å². The Labute approximate surface area is 142 Å². The normalized spacial score (nSPS) is 14.4. The molecule has 2 atom stereocenters. The van der Waals surface area contributed by atoms with Crippen molar-refractivity contribution in [2.45, 2.75) is 99.2 Å². The predicted octanol–water partition coefficient (Wildman–Crippen LogP) is 4.89. The number of carbonyl (C=O) groups is 2. The summed E-state index contributed by atoms with van der Waals surface area (Å²) in [6, 6.07) is 0. The molecule has 136 valence electrons. The number of esters is 2. The van der Waals surface area contributed by atoms with Crippen LogP contribution >= 0.6 is 0 Å². The van der Waals surface area contributed by atoms with Crippen LogP contribution in [0, 0.1) is 11.3 Å². The molecule has 0 amide bonds. The average Bonchev–Trinajstić information content (AvgIpc) is 2.42. The lowest BCUT2D eigenvalue weighted by Gasteiger charge is -2.29. The van der Waals surface area contributed by atoms with Crippen LogP contribution in [0.2, 0.25) is 0 Å². The van der Waals surface area contributed by atoms with E-state index >= 15 is 0 Å². The smallest absolute Gasteiger partial charge is 0.306 e. The SMILES string of the molecule is CCCC(OC(=O)CCCC(=O)OC(CC)C(C)(C)C)C(C)C. The first kappa shape index (κ1) is 21.9. The first-order chi connectivity index (χ1) is 10.6. The molecule has 0 saturated heterocycles. The molecule has 0 aliphatic rings. The van der Waals surface area contributed by atoms with Crippen LogP contribution in [0.4, 0.5) is 0 Å². The van der Waals surface area contributed by atoms with E-state index in [-0.39, 0.29) is 42.4 Å². The van der Waals surface area contributed by atoms with Gasteiger partial charge in [0.05, 0.1) is 0 Å². The van der Waals surface area contributed by atoms with Crippen molar-refractivity contribution in [3.8, 4) is 0 Å². The van der Waals surface area contributed by atoms with E-state index in [1.807, 2.05) is 6.92 Å². The van der Waals surface area contributed by atoms with Gasteiger partial charge in [0, 0.05) is 12.8 Å². The van der Waals surface area contributed by atoms with Crippen LogP contribution in [0.3, 0.4) is 0 Å². The highest BCUT2D eigenvalue weighted by Crippen LogP contribution is 2.25. The summed E-state index contributed by atoms with van der Waals surface area (Å²) >= 11 is 0. The minimum Gasteiger partial charge on any atom is -0.462 e. The van der Waals surface area contributed by atoms with E-state index in [0.717, 1.165) is 19.3 Å². The molecule has 0 saturated carbocycles. The molecule has 0 aliphatic carbocycles. The van der Waals surface area contributed by atoms with Gasteiger partial charge in [0.25, 0.3) is 0 Å². The van der Waals surface area contributed by atoms with E-state index in [9.17, 15) is 9.59 Å². The molecule has 0 aromatic rings. The molecule has 0 spiro atoms. The molecule has 0 rings (SSSR count). The van der Waals surface area contributed by atoms with Crippen LogP contribution in [0.15, 0.2) is 0 Å². The third kappa shape index (κ3) is 9.62. The lowest BCUT2D eigenvalue weighted by atomic mass is 9.87. The van der Waals surface area contributed by atoms with Crippen molar-refractivity contribution in [1.82, 2.24) is 0 Å². The van der Waals surface area contributed by atoms with Crippen LogP contribution in [0.5, 0.6) is 0 Å². The molecule has 0 aromatic carbocycles. The molecule has 0 aromatic heterocycles. The van der Waals surface area contributed by atoms with Crippen molar-refractivity contribution in [3.63, 3.8) is 0 Å². The van der Waals surface area contributed by atoms with Gasteiger partial charge in [-0.15, -0.1) is 0 Å². The van der Waals surface area contributed by atoms with Crippen LogP contribution in [-0.2, 0) is 19.1 Å². The van der Waals surface area contributed by atoms with Crippen molar-refractivity contribution in [2.75, 3.05) is 0 Å². The molecule has 23 heavy (non-hydrogen) atoms. The van der Waals surface area contributed by atoms with Gasteiger partial charge < -0.3 is 9.47 Å². The summed E-state index contributed by atoms with van der Waals surface area (Å²) in [6.45, 7) is 14.4. The molecular weight excluding hydrogens is 292 g/mol. The Morgan fingerprint density at radius 3 is 1.87 bits per heavy atom. The fraction of sp³-hybridized carbons (Fsp3) is 0.895. The van der Waals surface area contributed by atoms with E-state index < -0.39 is 0 Å². The third-order valence-corrected chi connectivity index (χ3v) is 3.97. The van der Waals surface area contributed by atoms with Crippen LogP contribution in [0.1, 0.15) is 87.0 Å². The summed E-state index contributed by atoms with van der Waals surface area (Å²) in [4.78, 5) is 23.8. The Morgan fingerprint density at radius 1 is 0.957 bits per heavy atom. The summed E-state index contributed by atoms with van der Waals surface area (Å²) in [5, 5.41) is 0. The van der Waals surface area contributed by atoms with E-state index in [2.05, 4.69) is 41.5 Å². The highest BCUT2D eigenvalue weighted by molar-refractivity contribution is 5.72. The quantitative estimate of drug-likeness (QED) is 0.536. The second kappa shape index (κ2) is 10.7. The summed E-state index contributed by atoms with van der Waals surface area (Å²) in [5.41, 5.74) is -0.0615. The molecule has 0 fully saturated rings. The monoisotopic (exact) mass is 328 g/mol. The van der Waals surface area contributed by atoms with Crippen molar-refractivity contribution in [2.24, 2.45) is 11.3 Å². The van der Waals surface area contributed by atoms with E-state index in [0.29, 0.717) is 12.3 Å². The van der Waals surface area contributed by atoms with E-state index in [1.165, 1.54) is 0 Å². The van der Waals surface area contributed by atoms with Crippen LogP contribution < -0.4 is 0 Å². The molecule has 0 bridgehead atoms. The van der Waals surface area contributed by atoms with Gasteiger partial charge in [-0.2, -0.15) is 0 Å². The summed E-state index contributed by atoms with van der Waals surface area (Å²) in [7, 11) is 0. The minimum absolute atomic E-state index is 0.0233. The maximum Gasteiger partial charge on any atom is 0.306 e. The second-order valence-corrected chi connectivity index (χ2v) is 7.67. The average molecular weight is 328 g/mol. The highest BCUT2D eigenvalue weighted by atomic mass is 16.5. The number of hydrogen-bond donors (Lipinski definition) is 0. The van der Waals surface area contributed by atoms with Gasteiger partial charge in [0.1, 0.15) is 12.2 Å². The van der Waals surface area contributed by atoms with Crippen molar-refractivity contribution < 1.29 is 19.1 Å². The maximum atomic E-state index is 11.9. The fourth-order valence-electron chi connectivity index (χ4n) is 2.51. The Hall–Kier alpha value is -1.06. The summed E-state index contributed by atoms with van der Waals surface area (Å²) in [6.07, 6.45) is 3.58. The minimum atomic E-state index is -0.228. The van der Waals surface area contributed by atoms with Gasteiger partial charge in [-0.1, -0.05) is 54.9 Å². The third-order valence-electron chi connectivity index (χ3n) is 3.97. The Bertz CT molecular complexity index is 355. The molecule has 0 radical (unpaired) electrons. The van der Waals surface area contributed by atoms with Crippen molar-refractivity contribution in [1.29, 1.82) is 0 Å². The van der Waals surface area contributed by atoms with Gasteiger partial charge in [-0.25, -0.2) is 0 Å².